The van der Waals surface area contributed by atoms with Gasteiger partial charge in [-0.05, 0) is 39.8 Å². The predicted octanol–water partition coefficient (Wildman–Crippen LogP) is 3.00. The quantitative estimate of drug-likeness (QED) is 0.861. The number of β-amino-alcohol motifs (C(OH)–C–C–N with tert-alkyl or cyclic N) is 1. The molecule has 0 spiro atoms. The highest BCUT2D eigenvalue weighted by molar-refractivity contribution is 7.16. The van der Waals surface area contributed by atoms with Crippen LogP contribution in [-0.2, 0) is 5.60 Å². The lowest BCUT2D eigenvalue weighted by molar-refractivity contribution is 0.0538. The van der Waals surface area contributed by atoms with Crippen LogP contribution in [-0.4, -0.2) is 17.2 Å². The van der Waals surface area contributed by atoms with Gasteiger partial charge in [0.2, 0.25) is 0 Å². The smallest absolute Gasteiger partial charge is 0.108 e. The first-order valence-electron chi connectivity index (χ1n) is 4.94. The molecule has 0 saturated carbocycles. The summed E-state index contributed by atoms with van der Waals surface area (Å²) in [5.41, 5.74) is -0.851. The van der Waals surface area contributed by atoms with Crippen molar-refractivity contribution in [1.82, 2.24) is 5.32 Å². The Hall–Kier alpha value is -0.0900. The van der Waals surface area contributed by atoms with Gasteiger partial charge in [-0.1, -0.05) is 11.6 Å². The molecule has 0 aliphatic rings. The highest BCUT2D eigenvalue weighted by atomic mass is 35.5. The average Bonchev–Trinajstić information content (AvgIpc) is 2.48. The van der Waals surface area contributed by atoms with Crippen LogP contribution in [0.1, 0.15) is 32.6 Å². The molecule has 1 aromatic rings. The zero-order valence-corrected chi connectivity index (χ0v) is 11.2. The fraction of sp³-hybridized carbons (Fsp3) is 0.636. The van der Waals surface area contributed by atoms with Crippen molar-refractivity contribution in [3.05, 3.63) is 21.3 Å². The zero-order valence-electron chi connectivity index (χ0n) is 9.60. The van der Waals surface area contributed by atoms with Crippen LogP contribution < -0.4 is 5.32 Å². The number of hydrogen-bond donors (Lipinski definition) is 2. The standard InChI is InChI=1S/C11H18ClNOS/c1-10(2,3)13-7-11(4,14)8-5-6-9(12)15-8/h5-6,13-14H,7H2,1-4H3. The van der Waals surface area contributed by atoms with E-state index in [1.54, 1.807) is 6.92 Å². The van der Waals surface area contributed by atoms with Gasteiger partial charge in [0.15, 0.2) is 0 Å². The molecule has 0 aromatic carbocycles. The summed E-state index contributed by atoms with van der Waals surface area (Å²) in [6.07, 6.45) is 0. The molecule has 0 aliphatic carbocycles. The highest BCUT2D eigenvalue weighted by Gasteiger charge is 2.26. The van der Waals surface area contributed by atoms with Crippen molar-refractivity contribution in [2.24, 2.45) is 0 Å². The molecule has 1 rings (SSSR count). The van der Waals surface area contributed by atoms with Gasteiger partial charge in [0.25, 0.3) is 0 Å². The van der Waals surface area contributed by atoms with E-state index in [9.17, 15) is 5.11 Å². The van der Waals surface area contributed by atoms with Crippen LogP contribution in [0, 0.1) is 0 Å². The van der Waals surface area contributed by atoms with Crippen LogP contribution in [0.25, 0.3) is 0 Å². The molecule has 1 heterocycles. The van der Waals surface area contributed by atoms with Crippen molar-refractivity contribution < 1.29 is 5.11 Å². The van der Waals surface area contributed by atoms with Gasteiger partial charge in [0, 0.05) is 17.0 Å². The number of hydrogen-bond acceptors (Lipinski definition) is 3. The Labute approximate surface area is 100 Å². The third-order valence-electron chi connectivity index (χ3n) is 2.07. The van der Waals surface area contributed by atoms with Gasteiger partial charge >= 0.3 is 0 Å². The summed E-state index contributed by atoms with van der Waals surface area (Å²) in [5.74, 6) is 0. The van der Waals surface area contributed by atoms with Crippen LogP contribution in [0.3, 0.4) is 0 Å². The van der Waals surface area contributed by atoms with Crippen LogP contribution in [0.5, 0.6) is 0 Å². The Kier molecular flexibility index (Phi) is 3.82. The molecule has 15 heavy (non-hydrogen) atoms. The molecule has 0 amide bonds. The lowest BCUT2D eigenvalue weighted by Gasteiger charge is -2.28. The van der Waals surface area contributed by atoms with E-state index in [0.29, 0.717) is 10.9 Å². The normalized spacial score (nSPS) is 16.4. The molecule has 0 fully saturated rings. The SMILES string of the molecule is CC(C)(C)NCC(C)(O)c1ccc(Cl)s1. The minimum atomic E-state index is -0.856. The fourth-order valence-electron chi connectivity index (χ4n) is 1.13. The Morgan fingerprint density at radius 3 is 2.33 bits per heavy atom. The van der Waals surface area contributed by atoms with Crippen LogP contribution in [0.2, 0.25) is 4.34 Å². The Morgan fingerprint density at radius 1 is 1.33 bits per heavy atom. The van der Waals surface area contributed by atoms with Crippen molar-refractivity contribution in [3.63, 3.8) is 0 Å². The molecule has 0 bridgehead atoms. The third-order valence-corrected chi connectivity index (χ3v) is 3.55. The number of aliphatic hydroxyl groups is 1. The summed E-state index contributed by atoms with van der Waals surface area (Å²) < 4.78 is 0.709. The summed E-state index contributed by atoms with van der Waals surface area (Å²) >= 11 is 7.26. The van der Waals surface area contributed by atoms with E-state index < -0.39 is 5.60 Å². The monoisotopic (exact) mass is 247 g/mol. The highest BCUT2D eigenvalue weighted by Crippen LogP contribution is 2.30. The van der Waals surface area contributed by atoms with Gasteiger partial charge in [-0.3, -0.25) is 0 Å². The third kappa shape index (κ3) is 4.11. The summed E-state index contributed by atoms with van der Waals surface area (Å²) in [6.45, 7) is 8.54. The lowest BCUT2D eigenvalue weighted by Crippen LogP contribution is -2.44. The maximum Gasteiger partial charge on any atom is 0.108 e. The molecule has 1 unspecified atom stereocenters. The summed E-state index contributed by atoms with van der Waals surface area (Å²) in [4.78, 5) is 0.893. The summed E-state index contributed by atoms with van der Waals surface area (Å²) in [5, 5.41) is 13.5. The van der Waals surface area contributed by atoms with Crippen LogP contribution >= 0.6 is 22.9 Å². The molecule has 2 nitrogen and oxygen atoms in total. The fourth-order valence-corrected chi connectivity index (χ4v) is 2.21. The second-order valence-corrected chi connectivity index (χ2v) is 6.70. The minimum Gasteiger partial charge on any atom is -0.383 e. The average molecular weight is 248 g/mol. The summed E-state index contributed by atoms with van der Waals surface area (Å²) in [6, 6.07) is 3.68. The number of halogens is 1. The number of thiophene rings is 1. The van der Waals surface area contributed by atoms with Gasteiger partial charge in [0.05, 0.1) is 4.34 Å². The van der Waals surface area contributed by atoms with Gasteiger partial charge in [-0.2, -0.15) is 0 Å². The van der Waals surface area contributed by atoms with Gasteiger partial charge < -0.3 is 10.4 Å². The van der Waals surface area contributed by atoms with E-state index >= 15 is 0 Å². The number of nitrogens with one attached hydrogen (secondary N) is 1. The van der Waals surface area contributed by atoms with Gasteiger partial charge in [-0.15, -0.1) is 11.3 Å². The maximum absolute atomic E-state index is 10.3. The topological polar surface area (TPSA) is 32.3 Å². The van der Waals surface area contributed by atoms with E-state index in [2.05, 4.69) is 26.1 Å². The molecule has 1 aromatic heterocycles. The second kappa shape index (κ2) is 4.42. The zero-order chi connectivity index (χ0) is 11.7. The minimum absolute atomic E-state index is 0.00500. The predicted molar refractivity (Wildman–Crippen MR) is 66.7 cm³/mol. The van der Waals surface area contributed by atoms with Crippen LogP contribution in [0.15, 0.2) is 12.1 Å². The van der Waals surface area contributed by atoms with Crippen molar-refractivity contribution >= 4 is 22.9 Å². The van der Waals surface area contributed by atoms with Crippen molar-refractivity contribution in [2.45, 2.75) is 38.8 Å². The van der Waals surface area contributed by atoms with E-state index in [4.69, 9.17) is 11.6 Å². The van der Waals surface area contributed by atoms with E-state index in [1.807, 2.05) is 12.1 Å². The first-order chi connectivity index (χ1) is 6.71. The molecule has 1 atom stereocenters. The molecule has 86 valence electrons. The van der Waals surface area contributed by atoms with Crippen molar-refractivity contribution in [3.8, 4) is 0 Å². The molecule has 0 saturated heterocycles. The molecular formula is C11H18ClNOS. The number of rotatable bonds is 3. The van der Waals surface area contributed by atoms with Crippen molar-refractivity contribution in [1.29, 1.82) is 0 Å². The molecular weight excluding hydrogens is 230 g/mol. The van der Waals surface area contributed by atoms with Gasteiger partial charge in [0.1, 0.15) is 5.60 Å². The maximum atomic E-state index is 10.3. The molecule has 4 heteroatoms. The largest absolute Gasteiger partial charge is 0.383 e. The second-order valence-electron chi connectivity index (χ2n) is 4.98. The Morgan fingerprint density at radius 2 is 1.93 bits per heavy atom. The first-order valence-corrected chi connectivity index (χ1v) is 6.13. The summed E-state index contributed by atoms with van der Waals surface area (Å²) in [7, 11) is 0. The van der Waals surface area contributed by atoms with Crippen molar-refractivity contribution in [2.75, 3.05) is 6.54 Å². The van der Waals surface area contributed by atoms with E-state index in [1.165, 1.54) is 11.3 Å². The molecule has 2 N–H and O–H groups in total. The first kappa shape index (κ1) is 13.0. The van der Waals surface area contributed by atoms with Gasteiger partial charge in [-0.25, -0.2) is 0 Å². The van der Waals surface area contributed by atoms with E-state index in [-0.39, 0.29) is 5.54 Å². The Balaban J connectivity index is 2.67. The molecule has 0 radical (unpaired) electrons. The Bertz CT molecular complexity index is 328. The molecule has 0 aliphatic heterocycles. The lowest BCUT2D eigenvalue weighted by atomic mass is 10.0. The van der Waals surface area contributed by atoms with E-state index in [0.717, 1.165) is 4.88 Å². The van der Waals surface area contributed by atoms with Crippen LogP contribution in [0.4, 0.5) is 0 Å².